The number of hydrogen-bond donors (Lipinski definition) is 0. The lowest BCUT2D eigenvalue weighted by Crippen LogP contribution is -2.39. The number of carbonyl (C=O) groups is 2. The number of fused-ring (bicyclic) bond motifs is 1. The molecule has 0 fully saturated rings. The second kappa shape index (κ2) is 7.52. The zero-order valence-corrected chi connectivity index (χ0v) is 16.4. The first kappa shape index (κ1) is 18.3. The van der Waals surface area contributed by atoms with E-state index in [1.807, 2.05) is 42.5 Å². The van der Waals surface area contributed by atoms with E-state index in [-0.39, 0.29) is 5.91 Å². The highest BCUT2D eigenvalue weighted by Gasteiger charge is 2.30. The number of aromatic nitrogens is 2. The SMILES string of the molecule is Cc1nc(-c2ccccn2)sc1C(=O)O[C@H](C)C(=O)N1CCc2ccccc21. The average molecular weight is 393 g/mol. The predicted octanol–water partition coefficient (Wildman–Crippen LogP) is 3.65. The number of anilines is 1. The van der Waals surface area contributed by atoms with E-state index in [1.165, 1.54) is 11.3 Å². The molecule has 0 aliphatic carbocycles. The lowest BCUT2D eigenvalue weighted by atomic mass is 10.2. The van der Waals surface area contributed by atoms with Gasteiger partial charge in [0.15, 0.2) is 6.10 Å². The van der Waals surface area contributed by atoms with Crippen molar-refractivity contribution in [2.45, 2.75) is 26.4 Å². The molecular weight excluding hydrogens is 374 g/mol. The van der Waals surface area contributed by atoms with Crippen molar-refractivity contribution in [3.63, 3.8) is 0 Å². The van der Waals surface area contributed by atoms with Crippen LogP contribution in [-0.2, 0) is 16.0 Å². The van der Waals surface area contributed by atoms with Gasteiger partial charge in [0.2, 0.25) is 0 Å². The average Bonchev–Trinajstić information content (AvgIpc) is 3.32. The van der Waals surface area contributed by atoms with Gasteiger partial charge in [0.1, 0.15) is 9.88 Å². The molecule has 3 heterocycles. The van der Waals surface area contributed by atoms with Crippen molar-refractivity contribution in [2.24, 2.45) is 0 Å². The van der Waals surface area contributed by atoms with E-state index in [0.29, 0.717) is 27.8 Å². The third-order valence-electron chi connectivity index (χ3n) is 4.65. The Kier molecular flexibility index (Phi) is 4.92. The summed E-state index contributed by atoms with van der Waals surface area (Å²) in [6, 6.07) is 13.3. The van der Waals surface area contributed by atoms with Crippen molar-refractivity contribution in [1.29, 1.82) is 0 Å². The van der Waals surface area contributed by atoms with Gasteiger partial charge in [-0.15, -0.1) is 11.3 Å². The molecule has 0 saturated heterocycles. The zero-order valence-electron chi connectivity index (χ0n) is 15.6. The second-order valence-electron chi connectivity index (χ2n) is 6.56. The molecule has 0 bridgehead atoms. The van der Waals surface area contributed by atoms with Crippen molar-refractivity contribution in [3.8, 4) is 10.7 Å². The quantitative estimate of drug-likeness (QED) is 0.633. The Hall–Kier alpha value is -3.06. The van der Waals surface area contributed by atoms with Gasteiger partial charge >= 0.3 is 5.97 Å². The van der Waals surface area contributed by atoms with Crippen LogP contribution >= 0.6 is 11.3 Å². The van der Waals surface area contributed by atoms with Gasteiger partial charge in [-0.2, -0.15) is 0 Å². The van der Waals surface area contributed by atoms with Crippen LogP contribution in [0.5, 0.6) is 0 Å². The zero-order chi connectivity index (χ0) is 19.7. The number of rotatable bonds is 4. The van der Waals surface area contributed by atoms with Crippen LogP contribution in [-0.4, -0.2) is 34.5 Å². The van der Waals surface area contributed by atoms with E-state index >= 15 is 0 Å². The Bertz CT molecular complexity index is 1030. The molecule has 0 N–H and O–H groups in total. The van der Waals surface area contributed by atoms with Crippen LogP contribution in [0.4, 0.5) is 5.69 Å². The van der Waals surface area contributed by atoms with Crippen LogP contribution in [0.15, 0.2) is 48.7 Å². The smallest absolute Gasteiger partial charge is 0.351 e. The lowest BCUT2D eigenvalue weighted by Gasteiger charge is -2.21. The number of nitrogens with zero attached hydrogens (tertiary/aromatic N) is 3. The fourth-order valence-electron chi connectivity index (χ4n) is 3.24. The summed E-state index contributed by atoms with van der Waals surface area (Å²) in [5.41, 5.74) is 3.30. The first-order valence-corrected chi connectivity index (χ1v) is 9.85. The minimum absolute atomic E-state index is 0.217. The second-order valence-corrected chi connectivity index (χ2v) is 7.56. The van der Waals surface area contributed by atoms with Crippen LogP contribution in [0, 0.1) is 6.92 Å². The van der Waals surface area contributed by atoms with Crippen LogP contribution in [0.1, 0.15) is 27.9 Å². The van der Waals surface area contributed by atoms with Crippen LogP contribution in [0.3, 0.4) is 0 Å². The molecule has 1 atom stereocenters. The van der Waals surface area contributed by atoms with Gasteiger partial charge in [-0.1, -0.05) is 24.3 Å². The molecule has 0 saturated carbocycles. The van der Waals surface area contributed by atoms with Crippen molar-refractivity contribution in [1.82, 2.24) is 9.97 Å². The summed E-state index contributed by atoms with van der Waals surface area (Å²) < 4.78 is 5.48. The number of para-hydroxylation sites is 1. The Labute approximate surface area is 166 Å². The first-order valence-electron chi connectivity index (χ1n) is 9.03. The lowest BCUT2D eigenvalue weighted by molar-refractivity contribution is -0.126. The summed E-state index contributed by atoms with van der Waals surface area (Å²) in [4.78, 5) is 36.2. The minimum atomic E-state index is -0.876. The Balaban J connectivity index is 1.48. The maximum Gasteiger partial charge on any atom is 0.351 e. The van der Waals surface area contributed by atoms with E-state index in [2.05, 4.69) is 9.97 Å². The fourth-order valence-corrected chi connectivity index (χ4v) is 4.16. The molecule has 7 heteroatoms. The van der Waals surface area contributed by atoms with Gasteiger partial charge in [-0.3, -0.25) is 9.78 Å². The fraction of sp³-hybridized carbons (Fsp3) is 0.238. The summed E-state index contributed by atoms with van der Waals surface area (Å²) in [5.74, 6) is -0.754. The van der Waals surface area contributed by atoms with Crippen molar-refractivity contribution < 1.29 is 14.3 Å². The highest BCUT2D eigenvalue weighted by molar-refractivity contribution is 7.17. The molecule has 1 aromatic carbocycles. The first-order chi connectivity index (χ1) is 13.5. The summed E-state index contributed by atoms with van der Waals surface area (Å²) >= 11 is 1.22. The molecule has 1 aliphatic heterocycles. The van der Waals surface area contributed by atoms with Crippen LogP contribution in [0.2, 0.25) is 0 Å². The van der Waals surface area contributed by atoms with E-state index in [1.54, 1.807) is 24.9 Å². The van der Waals surface area contributed by atoms with Gasteiger partial charge in [0, 0.05) is 18.4 Å². The van der Waals surface area contributed by atoms with E-state index in [4.69, 9.17) is 4.74 Å². The van der Waals surface area contributed by atoms with E-state index < -0.39 is 12.1 Å². The summed E-state index contributed by atoms with van der Waals surface area (Å²) in [7, 11) is 0. The number of esters is 1. The van der Waals surface area contributed by atoms with Crippen molar-refractivity contribution in [3.05, 3.63) is 64.8 Å². The van der Waals surface area contributed by atoms with Crippen molar-refractivity contribution in [2.75, 3.05) is 11.4 Å². The molecular formula is C21H19N3O3S. The summed E-state index contributed by atoms with van der Waals surface area (Å²) in [6.07, 6.45) is 1.61. The number of amides is 1. The molecule has 3 aromatic rings. The molecule has 6 nitrogen and oxygen atoms in total. The van der Waals surface area contributed by atoms with Crippen LogP contribution < -0.4 is 4.90 Å². The molecule has 4 rings (SSSR count). The van der Waals surface area contributed by atoms with Crippen LogP contribution in [0.25, 0.3) is 10.7 Å². The largest absolute Gasteiger partial charge is 0.448 e. The standard InChI is InChI=1S/C21H19N3O3S/c1-13-18(28-19(23-13)16-8-5-6-11-22-16)21(26)27-14(2)20(25)24-12-10-15-7-3-4-9-17(15)24/h3-9,11,14H,10,12H2,1-2H3/t14-/m1/s1. The van der Waals surface area contributed by atoms with E-state index in [0.717, 1.165) is 17.7 Å². The number of ether oxygens (including phenoxy) is 1. The number of pyridine rings is 1. The molecule has 28 heavy (non-hydrogen) atoms. The molecule has 142 valence electrons. The predicted molar refractivity (Wildman–Crippen MR) is 107 cm³/mol. The number of benzene rings is 1. The number of hydrogen-bond acceptors (Lipinski definition) is 6. The Morgan fingerprint density at radius 2 is 1.96 bits per heavy atom. The summed E-state index contributed by atoms with van der Waals surface area (Å²) in [6.45, 7) is 3.96. The van der Waals surface area contributed by atoms with Gasteiger partial charge in [0.05, 0.1) is 11.4 Å². The van der Waals surface area contributed by atoms with Gasteiger partial charge in [-0.05, 0) is 44.0 Å². The third-order valence-corrected chi connectivity index (χ3v) is 5.81. The van der Waals surface area contributed by atoms with Gasteiger partial charge < -0.3 is 9.64 Å². The summed E-state index contributed by atoms with van der Waals surface area (Å²) in [5, 5.41) is 0.650. The maximum absolute atomic E-state index is 12.8. The van der Waals surface area contributed by atoms with E-state index in [9.17, 15) is 9.59 Å². The Morgan fingerprint density at radius 1 is 1.18 bits per heavy atom. The molecule has 0 unspecified atom stereocenters. The monoisotopic (exact) mass is 393 g/mol. The highest BCUT2D eigenvalue weighted by atomic mass is 32.1. The third kappa shape index (κ3) is 3.41. The molecule has 0 radical (unpaired) electrons. The van der Waals surface area contributed by atoms with Gasteiger partial charge in [0.25, 0.3) is 5.91 Å². The topological polar surface area (TPSA) is 72.4 Å². The number of aryl methyl sites for hydroxylation is 1. The molecule has 2 aromatic heterocycles. The Morgan fingerprint density at radius 3 is 2.75 bits per heavy atom. The normalized spacial score (nSPS) is 13.9. The number of thiazole rings is 1. The molecule has 1 amide bonds. The minimum Gasteiger partial charge on any atom is -0.448 e. The van der Waals surface area contributed by atoms with Gasteiger partial charge in [-0.25, -0.2) is 9.78 Å². The number of carbonyl (C=O) groups excluding carboxylic acids is 2. The molecule has 0 spiro atoms. The highest BCUT2D eigenvalue weighted by Crippen LogP contribution is 2.29. The van der Waals surface area contributed by atoms with Crippen molar-refractivity contribution >= 4 is 28.9 Å². The molecule has 1 aliphatic rings. The maximum atomic E-state index is 12.8.